The van der Waals surface area contributed by atoms with Gasteiger partial charge in [0.05, 0.1) is 17.0 Å². The molecule has 0 spiro atoms. The van der Waals surface area contributed by atoms with E-state index in [1.54, 1.807) is 52.0 Å². The molecule has 8 nitrogen and oxygen atoms in total. The number of ether oxygens (including phenoxy) is 1. The fourth-order valence-corrected chi connectivity index (χ4v) is 4.56. The fraction of sp³-hybridized carbons (Fsp3) is 0.583. The van der Waals surface area contributed by atoms with Gasteiger partial charge in [0, 0.05) is 12.6 Å². The van der Waals surface area contributed by atoms with Crippen molar-refractivity contribution in [2.24, 2.45) is 11.3 Å². The summed E-state index contributed by atoms with van der Waals surface area (Å²) in [7, 11) is 0. The Labute approximate surface area is 188 Å². The smallest absolute Gasteiger partial charge is 0.407 e. The van der Waals surface area contributed by atoms with E-state index in [4.69, 9.17) is 4.74 Å². The summed E-state index contributed by atoms with van der Waals surface area (Å²) < 4.78 is 5.25. The summed E-state index contributed by atoms with van der Waals surface area (Å²) in [5.41, 5.74) is -0.121. The number of nitrogens with zero attached hydrogens (tertiary/aromatic N) is 1. The van der Waals surface area contributed by atoms with Gasteiger partial charge in [0.2, 0.25) is 0 Å². The van der Waals surface area contributed by atoms with Gasteiger partial charge in [-0.25, -0.2) is 4.79 Å². The van der Waals surface area contributed by atoms with Crippen LogP contribution in [0.25, 0.3) is 0 Å². The minimum atomic E-state index is -0.986. The number of fused-ring (bicyclic) bond motifs is 1. The second-order valence-corrected chi connectivity index (χ2v) is 9.99. The van der Waals surface area contributed by atoms with E-state index in [2.05, 4.69) is 5.32 Å². The van der Waals surface area contributed by atoms with Crippen molar-refractivity contribution in [2.75, 3.05) is 6.54 Å². The van der Waals surface area contributed by atoms with Gasteiger partial charge < -0.3 is 15.2 Å². The van der Waals surface area contributed by atoms with E-state index in [1.165, 1.54) is 4.90 Å². The van der Waals surface area contributed by atoms with Crippen LogP contribution in [0.4, 0.5) is 4.79 Å². The molecule has 174 valence electrons. The Morgan fingerprint density at radius 2 is 1.72 bits per heavy atom. The minimum Gasteiger partial charge on any atom is -0.481 e. The van der Waals surface area contributed by atoms with Crippen LogP contribution in [0.15, 0.2) is 24.3 Å². The molecule has 2 N–H and O–H groups in total. The Bertz CT molecular complexity index is 880. The molecule has 3 rings (SSSR count). The lowest BCUT2D eigenvalue weighted by atomic mass is 9.61. The van der Waals surface area contributed by atoms with Gasteiger partial charge in [0.25, 0.3) is 11.8 Å². The lowest BCUT2D eigenvalue weighted by Crippen LogP contribution is -2.47. The van der Waals surface area contributed by atoms with Crippen LogP contribution in [0.2, 0.25) is 0 Å². The summed E-state index contributed by atoms with van der Waals surface area (Å²) in [6.07, 6.45) is 2.90. The van der Waals surface area contributed by atoms with Gasteiger partial charge >= 0.3 is 12.1 Å². The van der Waals surface area contributed by atoms with Crippen LogP contribution in [0.1, 0.15) is 80.5 Å². The van der Waals surface area contributed by atoms with Crippen LogP contribution >= 0.6 is 0 Å². The molecule has 0 bridgehead atoms. The van der Waals surface area contributed by atoms with Gasteiger partial charge in [0.1, 0.15) is 5.60 Å². The number of hydrogen-bond donors (Lipinski definition) is 2. The molecular weight excluding hydrogens is 412 g/mol. The van der Waals surface area contributed by atoms with E-state index in [1.807, 2.05) is 0 Å². The summed E-state index contributed by atoms with van der Waals surface area (Å²) in [5, 5.41) is 12.5. The van der Waals surface area contributed by atoms with Crippen LogP contribution in [0, 0.1) is 11.3 Å². The molecule has 1 heterocycles. The quantitative estimate of drug-likeness (QED) is 0.589. The zero-order valence-electron chi connectivity index (χ0n) is 19.1. The molecule has 1 aromatic rings. The SMILES string of the molecule is C[C@@H](NC(=O)OC(C)(C)C)C(CC1(CCN2C(=O)c3ccccc3C2=O)CCC1)C(=O)O. The maximum atomic E-state index is 12.7. The Hall–Kier alpha value is -2.90. The lowest BCUT2D eigenvalue weighted by molar-refractivity contribution is -0.144. The molecule has 2 atom stereocenters. The number of aliphatic carboxylic acids is 1. The predicted octanol–water partition coefficient (Wildman–Crippen LogP) is 3.85. The second-order valence-electron chi connectivity index (χ2n) is 9.99. The number of amides is 3. The van der Waals surface area contributed by atoms with Crippen molar-refractivity contribution < 1.29 is 29.0 Å². The highest BCUT2D eigenvalue weighted by Gasteiger charge is 2.44. The highest BCUT2D eigenvalue weighted by atomic mass is 16.6. The van der Waals surface area contributed by atoms with Crippen molar-refractivity contribution in [3.8, 4) is 0 Å². The van der Waals surface area contributed by atoms with Crippen LogP contribution in [0.5, 0.6) is 0 Å². The van der Waals surface area contributed by atoms with Gasteiger partial charge in [-0.1, -0.05) is 18.6 Å². The summed E-state index contributed by atoms with van der Waals surface area (Å²) in [4.78, 5) is 50.7. The Kier molecular flexibility index (Phi) is 6.62. The molecule has 32 heavy (non-hydrogen) atoms. The Balaban J connectivity index is 1.64. The van der Waals surface area contributed by atoms with Crippen molar-refractivity contribution in [2.45, 2.75) is 71.4 Å². The zero-order chi connectivity index (χ0) is 23.7. The number of rotatable bonds is 8. The first-order valence-corrected chi connectivity index (χ1v) is 11.1. The predicted molar refractivity (Wildman–Crippen MR) is 117 cm³/mol. The molecule has 1 aromatic carbocycles. The average molecular weight is 445 g/mol. The van der Waals surface area contributed by atoms with Gasteiger partial charge in [-0.05, 0) is 70.9 Å². The van der Waals surface area contributed by atoms with E-state index >= 15 is 0 Å². The third-order valence-electron chi connectivity index (χ3n) is 6.48. The second kappa shape index (κ2) is 8.92. The molecule has 2 aliphatic rings. The van der Waals surface area contributed by atoms with Crippen molar-refractivity contribution in [1.82, 2.24) is 10.2 Å². The van der Waals surface area contributed by atoms with Gasteiger partial charge in [-0.15, -0.1) is 0 Å². The third kappa shape index (κ3) is 5.11. The Morgan fingerprint density at radius 1 is 1.16 bits per heavy atom. The molecule has 1 aliphatic heterocycles. The first kappa shape index (κ1) is 23.8. The summed E-state index contributed by atoms with van der Waals surface area (Å²) in [6, 6.07) is 6.15. The number of imide groups is 1. The maximum absolute atomic E-state index is 12.7. The fourth-order valence-electron chi connectivity index (χ4n) is 4.56. The van der Waals surface area contributed by atoms with Gasteiger partial charge in [0.15, 0.2) is 0 Å². The van der Waals surface area contributed by atoms with Crippen molar-refractivity contribution in [3.63, 3.8) is 0 Å². The molecule has 1 aliphatic carbocycles. The highest BCUT2D eigenvalue weighted by Crippen LogP contribution is 2.49. The molecule has 3 amide bonds. The van der Waals surface area contributed by atoms with E-state index in [0.29, 0.717) is 24.0 Å². The number of hydrogen-bond acceptors (Lipinski definition) is 5. The highest BCUT2D eigenvalue weighted by molar-refractivity contribution is 6.21. The minimum absolute atomic E-state index is 0.257. The maximum Gasteiger partial charge on any atom is 0.407 e. The lowest BCUT2D eigenvalue weighted by Gasteiger charge is -2.45. The molecule has 1 unspecified atom stereocenters. The monoisotopic (exact) mass is 444 g/mol. The number of carboxylic acid groups (broad SMARTS) is 1. The third-order valence-corrected chi connectivity index (χ3v) is 6.48. The summed E-state index contributed by atoms with van der Waals surface area (Å²) in [6.45, 7) is 7.16. The van der Waals surface area contributed by atoms with E-state index < -0.39 is 29.6 Å². The molecule has 1 fully saturated rings. The Morgan fingerprint density at radius 3 is 2.16 bits per heavy atom. The largest absolute Gasteiger partial charge is 0.481 e. The first-order valence-electron chi connectivity index (χ1n) is 11.1. The zero-order valence-corrected chi connectivity index (χ0v) is 19.1. The first-order chi connectivity index (χ1) is 14.9. The van der Waals surface area contributed by atoms with Crippen LogP contribution in [-0.2, 0) is 9.53 Å². The number of benzene rings is 1. The molecule has 0 aromatic heterocycles. The number of carbonyl (C=O) groups is 4. The van der Waals surface area contributed by atoms with E-state index in [0.717, 1.165) is 19.3 Å². The van der Waals surface area contributed by atoms with Crippen molar-refractivity contribution >= 4 is 23.9 Å². The van der Waals surface area contributed by atoms with E-state index in [9.17, 15) is 24.3 Å². The molecule has 8 heteroatoms. The van der Waals surface area contributed by atoms with Gasteiger partial charge in [-0.3, -0.25) is 19.3 Å². The number of alkyl carbamates (subject to hydrolysis) is 1. The summed E-state index contributed by atoms with van der Waals surface area (Å²) >= 11 is 0. The van der Waals surface area contributed by atoms with E-state index in [-0.39, 0.29) is 23.8 Å². The van der Waals surface area contributed by atoms with Gasteiger partial charge in [-0.2, -0.15) is 0 Å². The van der Waals surface area contributed by atoms with Crippen LogP contribution < -0.4 is 5.32 Å². The topological polar surface area (TPSA) is 113 Å². The number of carbonyl (C=O) groups excluding carboxylic acids is 3. The van der Waals surface area contributed by atoms with Crippen LogP contribution in [0.3, 0.4) is 0 Å². The molecule has 1 saturated carbocycles. The molecular formula is C24H32N2O6. The van der Waals surface area contributed by atoms with Crippen LogP contribution in [-0.4, -0.2) is 52.1 Å². The molecule has 0 saturated heterocycles. The number of carboxylic acids is 1. The standard InChI is InChI=1S/C24H32N2O6/c1-15(25-22(31)32-23(2,3)4)18(21(29)30)14-24(10-7-11-24)12-13-26-19(27)16-8-5-6-9-17(16)20(26)28/h5-6,8-9,15,18H,7,10-14H2,1-4H3,(H,25,31)(H,29,30)/t15-,18?/m1/s1. The number of nitrogens with one attached hydrogen (secondary N) is 1. The summed E-state index contributed by atoms with van der Waals surface area (Å²) in [5.74, 6) is -2.38. The molecule has 0 radical (unpaired) electrons. The van der Waals surface area contributed by atoms with Crippen molar-refractivity contribution in [3.05, 3.63) is 35.4 Å². The normalized spacial score (nSPS) is 19.1. The average Bonchev–Trinajstić information content (AvgIpc) is 2.90. The van der Waals surface area contributed by atoms with Crippen molar-refractivity contribution in [1.29, 1.82) is 0 Å².